The fourth-order valence-electron chi connectivity index (χ4n) is 7.62. The van der Waals surface area contributed by atoms with E-state index in [2.05, 4.69) is 180 Å². The Balaban J connectivity index is 1.32. The molecule has 0 bridgehead atoms. The average Bonchev–Trinajstić information content (AvgIpc) is 3.47. The average molecular weight is 596 g/mol. The van der Waals surface area contributed by atoms with Gasteiger partial charge in [-0.25, -0.2) is 0 Å². The first-order chi connectivity index (χ1) is 23.3. The van der Waals surface area contributed by atoms with Gasteiger partial charge in [-0.2, -0.15) is 0 Å². The van der Waals surface area contributed by atoms with Gasteiger partial charge in [0.15, 0.2) is 0 Å². The van der Waals surface area contributed by atoms with E-state index < -0.39 is 0 Å². The highest BCUT2D eigenvalue weighted by molar-refractivity contribution is 6.24. The molecule has 47 heavy (non-hydrogen) atoms. The van der Waals surface area contributed by atoms with Crippen molar-refractivity contribution < 1.29 is 0 Å². The van der Waals surface area contributed by atoms with Crippen LogP contribution in [0.1, 0.15) is 0 Å². The summed E-state index contributed by atoms with van der Waals surface area (Å²) in [4.78, 5) is 0. The number of hydrogen-bond donors (Lipinski definition) is 0. The number of fused-ring (bicyclic) bond motifs is 8. The number of rotatable bonds is 3. The fourth-order valence-corrected chi connectivity index (χ4v) is 7.62. The zero-order valence-corrected chi connectivity index (χ0v) is 25.7. The lowest BCUT2D eigenvalue weighted by molar-refractivity contribution is 1.19. The molecule has 0 amide bonds. The lowest BCUT2D eigenvalue weighted by atomic mass is 9.93. The Bertz CT molecular complexity index is 2850. The summed E-state index contributed by atoms with van der Waals surface area (Å²) >= 11 is 0. The zero-order chi connectivity index (χ0) is 30.9. The van der Waals surface area contributed by atoms with Crippen LogP contribution in [0.25, 0.3) is 92.8 Å². The standard InChI is InChI=1S/C46H29N/c1-4-12-33-25-36(19-17-30(33)9-1)37-22-24-42-44(28-37)47(39-23-21-32-11-3-6-14-35(32)27-39)45-29-43(40-15-7-8-16-41(40)46(42)45)38-20-18-31-10-2-5-13-34(31)26-38/h1-29H. The number of hydrogen-bond acceptors (Lipinski definition) is 0. The van der Waals surface area contributed by atoms with E-state index in [1.807, 2.05) is 0 Å². The number of aromatic nitrogens is 1. The minimum absolute atomic E-state index is 1.17. The van der Waals surface area contributed by atoms with Crippen LogP contribution < -0.4 is 0 Å². The molecule has 0 unspecified atom stereocenters. The van der Waals surface area contributed by atoms with Crippen molar-refractivity contribution in [2.45, 2.75) is 0 Å². The van der Waals surface area contributed by atoms with Crippen molar-refractivity contribution in [3.05, 3.63) is 176 Å². The number of benzene rings is 9. The topological polar surface area (TPSA) is 4.93 Å². The Morgan fingerprint density at radius 1 is 0.298 bits per heavy atom. The van der Waals surface area contributed by atoms with Crippen LogP contribution in [0.5, 0.6) is 0 Å². The summed E-state index contributed by atoms with van der Waals surface area (Å²) in [6.45, 7) is 0. The molecule has 0 radical (unpaired) electrons. The van der Waals surface area contributed by atoms with E-state index in [1.54, 1.807) is 0 Å². The van der Waals surface area contributed by atoms with Crippen molar-refractivity contribution in [2.75, 3.05) is 0 Å². The molecule has 0 aliphatic heterocycles. The fraction of sp³-hybridized carbons (Fsp3) is 0. The Morgan fingerprint density at radius 3 is 1.51 bits per heavy atom. The molecule has 218 valence electrons. The highest BCUT2D eigenvalue weighted by Crippen LogP contribution is 2.43. The van der Waals surface area contributed by atoms with Gasteiger partial charge < -0.3 is 4.57 Å². The normalized spacial score (nSPS) is 11.8. The van der Waals surface area contributed by atoms with E-state index in [1.165, 1.54) is 92.8 Å². The molecule has 0 aliphatic rings. The third-order valence-corrected chi connectivity index (χ3v) is 9.91. The first kappa shape index (κ1) is 26.1. The number of nitrogens with zero attached hydrogens (tertiary/aromatic N) is 1. The summed E-state index contributed by atoms with van der Waals surface area (Å²) in [5.74, 6) is 0. The van der Waals surface area contributed by atoms with Gasteiger partial charge in [0.05, 0.1) is 11.0 Å². The highest BCUT2D eigenvalue weighted by Gasteiger charge is 2.19. The molecule has 0 saturated carbocycles. The monoisotopic (exact) mass is 595 g/mol. The van der Waals surface area contributed by atoms with Crippen LogP contribution in [0, 0.1) is 0 Å². The Hall–Kier alpha value is -6.18. The molecule has 9 aromatic carbocycles. The van der Waals surface area contributed by atoms with Crippen molar-refractivity contribution in [1.82, 2.24) is 4.57 Å². The van der Waals surface area contributed by atoms with Crippen LogP contribution in [0.2, 0.25) is 0 Å². The summed E-state index contributed by atoms with van der Waals surface area (Å²) in [5, 5.41) is 12.6. The minimum atomic E-state index is 1.17. The van der Waals surface area contributed by atoms with E-state index in [9.17, 15) is 0 Å². The molecule has 0 aliphatic carbocycles. The van der Waals surface area contributed by atoms with Crippen molar-refractivity contribution in [3.63, 3.8) is 0 Å². The van der Waals surface area contributed by atoms with Gasteiger partial charge in [-0.1, -0.05) is 140 Å². The van der Waals surface area contributed by atoms with Crippen LogP contribution in [0.15, 0.2) is 176 Å². The van der Waals surface area contributed by atoms with Gasteiger partial charge in [-0.3, -0.25) is 0 Å². The van der Waals surface area contributed by atoms with Gasteiger partial charge in [0.2, 0.25) is 0 Å². The minimum Gasteiger partial charge on any atom is -0.309 e. The van der Waals surface area contributed by atoms with Gasteiger partial charge >= 0.3 is 0 Å². The van der Waals surface area contributed by atoms with Crippen LogP contribution in [-0.4, -0.2) is 4.57 Å². The van der Waals surface area contributed by atoms with Gasteiger partial charge in [-0.15, -0.1) is 0 Å². The molecule has 0 fully saturated rings. The van der Waals surface area contributed by atoms with Crippen molar-refractivity contribution in [2.24, 2.45) is 0 Å². The molecule has 0 saturated heterocycles. The van der Waals surface area contributed by atoms with Gasteiger partial charge in [0.25, 0.3) is 0 Å². The second-order valence-electron chi connectivity index (χ2n) is 12.6. The third kappa shape index (κ3) is 4.10. The quantitative estimate of drug-likeness (QED) is 0.191. The largest absolute Gasteiger partial charge is 0.309 e. The molecule has 0 atom stereocenters. The molecular weight excluding hydrogens is 567 g/mol. The second-order valence-corrected chi connectivity index (χ2v) is 12.6. The van der Waals surface area contributed by atoms with E-state index in [-0.39, 0.29) is 0 Å². The van der Waals surface area contributed by atoms with E-state index >= 15 is 0 Å². The van der Waals surface area contributed by atoms with E-state index in [4.69, 9.17) is 0 Å². The lowest BCUT2D eigenvalue weighted by Crippen LogP contribution is -1.95. The predicted molar refractivity (Wildman–Crippen MR) is 202 cm³/mol. The maximum atomic E-state index is 2.48. The maximum Gasteiger partial charge on any atom is 0.0553 e. The molecule has 10 aromatic rings. The van der Waals surface area contributed by atoms with E-state index in [0.717, 1.165) is 0 Å². The summed E-state index contributed by atoms with van der Waals surface area (Å²) in [6.07, 6.45) is 0. The van der Waals surface area contributed by atoms with Crippen molar-refractivity contribution >= 4 is 64.9 Å². The molecule has 1 aromatic heterocycles. The summed E-state index contributed by atoms with van der Waals surface area (Å²) < 4.78 is 2.48. The van der Waals surface area contributed by atoms with Crippen LogP contribution >= 0.6 is 0 Å². The maximum absolute atomic E-state index is 2.48. The molecule has 1 nitrogen and oxygen atoms in total. The SMILES string of the molecule is c1ccc2cc(-c3ccc4c5c6ccccc6c(-c6ccc7ccccc7c6)cc5n(-c5ccc6ccccc6c5)c4c3)ccc2c1. The Kier molecular flexibility index (Phi) is 5.64. The second kappa shape index (κ2) is 10.2. The lowest BCUT2D eigenvalue weighted by Gasteiger charge is -2.13. The molecule has 0 N–H and O–H groups in total. The molecule has 0 spiro atoms. The summed E-state index contributed by atoms with van der Waals surface area (Å²) in [5.41, 5.74) is 8.51. The van der Waals surface area contributed by atoms with E-state index in [0.29, 0.717) is 0 Å². The van der Waals surface area contributed by atoms with Crippen LogP contribution in [0.4, 0.5) is 0 Å². The first-order valence-corrected chi connectivity index (χ1v) is 16.3. The highest BCUT2D eigenvalue weighted by atomic mass is 15.0. The molecule has 10 rings (SSSR count). The summed E-state index contributed by atoms with van der Waals surface area (Å²) in [7, 11) is 0. The van der Waals surface area contributed by atoms with Gasteiger partial charge in [0, 0.05) is 16.5 Å². The Labute approximate surface area is 272 Å². The first-order valence-electron chi connectivity index (χ1n) is 16.3. The van der Waals surface area contributed by atoms with Crippen molar-refractivity contribution in [1.29, 1.82) is 0 Å². The predicted octanol–water partition coefficient (Wildman–Crippen LogP) is 12.7. The van der Waals surface area contributed by atoms with Crippen LogP contribution in [0.3, 0.4) is 0 Å². The zero-order valence-electron chi connectivity index (χ0n) is 25.7. The van der Waals surface area contributed by atoms with Gasteiger partial charge in [-0.05, 0) is 102 Å². The molecule has 1 heterocycles. The smallest absolute Gasteiger partial charge is 0.0553 e. The van der Waals surface area contributed by atoms with Crippen molar-refractivity contribution in [3.8, 4) is 27.9 Å². The van der Waals surface area contributed by atoms with Gasteiger partial charge in [0.1, 0.15) is 0 Å². The third-order valence-electron chi connectivity index (χ3n) is 9.91. The molecular formula is C46H29N. The van der Waals surface area contributed by atoms with Crippen LogP contribution in [-0.2, 0) is 0 Å². The molecule has 1 heteroatoms. The summed E-state index contributed by atoms with van der Waals surface area (Å²) in [6, 6.07) is 64.7. The Morgan fingerprint density at radius 2 is 0.809 bits per heavy atom.